The summed E-state index contributed by atoms with van der Waals surface area (Å²) in [4.78, 5) is 50.9. The van der Waals surface area contributed by atoms with Gasteiger partial charge in [0, 0.05) is 56.4 Å². The molecule has 0 amide bonds. The smallest absolute Gasteiger partial charge is 0.308 e. The van der Waals surface area contributed by atoms with E-state index in [-0.39, 0.29) is 38.8 Å². The summed E-state index contributed by atoms with van der Waals surface area (Å²) in [5, 5.41) is 12.0. The van der Waals surface area contributed by atoms with Crippen molar-refractivity contribution in [3.8, 4) is 46.0 Å². The average molecular weight is 1060 g/mol. The summed E-state index contributed by atoms with van der Waals surface area (Å²) in [6, 6.07) is 19.1. The van der Waals surface area contributed by atoms with Crippen LogP contribution in [0.4, 0.5) is 0 Å². The Balaban J connectivity index is 1.64. The van der Waals surface area contributed by atoms with E-state index in [1.54, 1.807) is 24.3 Å². The highest BCUT2D eigenvalue weighted by Crippen LogP contribution is 2.56. The molecule has 0 bridgehead atoms. The largest absolute Gasteiger partial charge is 0.543 e. The number of aliphatic hydroxyl groups excluding tert-OH is 1. The Bertz CT molecular complexity index is 2760. The van der Waals surface area contributed by atoms with Crippen LogP contribution in [0, 0.1) is 0 Å². The number of rotatable bonds is 13. The van der Waals surface area contributed by atoms with Gasteiger partial charge in [-0.15, -0.1) is 0 Å². The molecule has 1 unspecified atom stereocenters. The Morgan fingerprint density at radius 3 is 1.53 bits per heavy atom. The third-order valence-corrected chi connectivity index (χ3v) is 28.0. The van der Waals surface area contributed by atoms with E-state index in [0.29, 0.717) is 56.6 Å². The molecule has 2 heterocycles. The van der Waals surface area contributed by atoms with Crippen LogP contribution >= 0.6 is 0 Å². The average Bonchev–Trinajstić information content (AvgIpc) is 3.23. The van der Waals surface area contributed by atoms with Gasteiger partial charge in [0.05, 0.1) is 12.0 Å². The van der Waals surface area contributed by atoms with Crippen molar-refractivity contribution in [1.82, 2.24) is 0 Å². The Hall–Kier alpha value is -5.63. The van der Waals surface area contributed by atoms with E-state index >= 15 is 0 Å². The number of benzene rings is 4. The molecule has 0 saturated heterocycles. The molecule has 1 N–H and O–H groups in total. The van der Waals surface area contributed by atoms with Gasteiger partial charge in [0.2, 0.25) is 8.32 Å². The van der Waals surface area contributed by atoms with E-state index in [9.17, 15) is 24.3 Å². The van der Waals surface area contributed by atoms with Crippen molar-refractivity contribution < 1.29 is 66.0 Å². The number of esters is 4. The first-order valence-corrected chi connectivity index (χ1v) is 33.6. The topological polar surface area (TPSA) is 172 Å². The summed E-state index contributed by atoms with van der Waals surface area (Å²) in [5.41, 5.74) is 2.54. The summed E-state index contributed by atoms with van der Waals surface area (Å²) in [6.07, 6.45) is -4.26. The molecule has 17 heteroatoms. The molecule has 0 aliphatic carbocycles. The molecule has 4 aromatic carbocycles. The van der Waals surface area contributed by atoms with Crippen molar-refractivity contribution in [2.24, 2.45) is 0 Å². The minimum Gasteiger partial charge on any atom is -0.543 e. The maximum Gasteiger partial charge on any atom is 0.308 e. The van der Waals surface area contributed by atoms with Gasteiger partial charge in [-0.05, 0) is 102 Å². The van der Waals surface area contributed by atoms with Crippen LogP contribution in [0.1, 0.15) is 136 Å². The first-order valence-electron chi connectivity index (χ1n) is 24.9. The molecular formula is C56H76O14Si3. The minimum absolute atomic E-state index is 0.0118. The highest BCUT2D eigenvalue weighted by atomic mass is 28.4. The zero-order chi connectivity index (χ0) is 54.6. The Morgan fingerprint density at radius 2 is 1.00 bits per heavy atom. The molecule has 0 radical (unpaired) electrons. The van der Waals surface area contributed by atoms with Crippen molar-refractivity contribution in [3.05, 3.63) is 94.5 Å². The Kier molecular flexibility index (Phi) is 16.0. The molecule has 0 spiro atoms. The predicted octanol–water partition coefficient (Wildman–Crippen LogP) is 12.8. The van der Waals surface area contributed by atoms with Gasteiger partial charge in [-0.3, -0.25) is 19.2 Å². The van der Waals surface area contributed by atoms with E-state index in [4.69, 9.17) is 41.7 Å². The van der Waals surface area contributed by atoms with Crippen molar-refractivity contribution in [2.45, 2.75) is 181 Å². The fourth-order valence-electron chi connectivity index (χ4n) is 8.07. The van der Waals surface area contributed by atoms with Crippen molar-refractivity contribution in [3.63, 3.8) is 0 Å². The maximum absolute atomic E-state index is 13.5. The number of carbonyl (C=O) groups is 4. The van der Waals surface area contributed by atoms with Crippen LogP contribution in [0.15, 0.2) is 66.7 Å². The molecule has 0 fully saturated rings. The second kappa shape index (κ2) is 20.6. The van der Waals surface area contributed by atoms with E-state index < -0.39 is 79.2 Å². The first-order chi connectivity index (χ1) is 33.5. The van der Waals surface area contributed by atoms with Gasteiger partial charge in [-0.2, -0.15) is 0 Å². The van der Waals surface area contributed by atoms with Gasteiger partial charge < -0.3 is 46.8 Å². The summed E-state index contributed by atoms with van der Waals surface area (Å²) in [5.74, 6) is -1.05. The molecule has 2 aliphatic rings. The number of carbonyl (C=O) groups excluding carboxylic acids is 4. The standard InChI is InChI=1S/C56H76O14Si3/c1-32(57)62-42-26-23-37(29-46(42)64-34(3)59)51-53(65-35(4)60)48(49-44(63-33(2)58)21-20-22-45(49)66-51)38-25-28-41(68-71(14,15)54(5,6)7)39-31-40(61)50(67-52(38)39)36-24-27-43(69-72(16,17)55(8,9)10)47(30-36)70-73(18,19)56(11,12)13/h20-30,40,48,50-51,53,61H,31H2,1-19H3/t40-,48?,50-,51-,53-/m1/s1. The quantitative estimate of drug-likeness (QED) is 0.0761. The lowest BCUT2D eigenvalue weighted by molar-refractivity contribution is -0.154. The van der Waals surface area contributed by atoms with Crippen LogP contribution in [0.3, 0.4) is 0 Å². The highest BCUT2D eigenvalue weighted by Gasteiger charge is 2.49. The van der Waals surface area contributed by atoms with Crippen LogP contribution < -0.4 is 37.0 Å². The summed E-state index contributed by atoms with van der Waals surface area (Å²) in [7, 11) is -7.37. The molecule has 0 saturated carbocycles. The van der Waals surface area contributed by atoms with Crippen LogP contribution in [-0.4, -0.2) is 66.1 Å². The molecule has 396 valence electrons. The first kappa shape index (κ1) is 56.7. The molecule has 6 rings (SSSR count). The van der Waals surface area contributed by atoms with E-state index in [1.807, 2.05) is 30.3 Å². The van der Waals surface area contributed by atoms with Crippen molar-refractivity contribution in [2.75, 3.05) is 0 Å². The van der Waals surface area contributed by atoms with Crippen LogP contribution in [0.25, 0.3) is 0 Å². The Morgan fingerprint density at radius 1 is 0.534 bits per heavy atom. The number of aliphatic hydroxyl groups is 1. The van der Waals surface area contributed by atoms with Crippen LogP contribution in [0.2, 0.25) is 54.4 Å². The second-order valence-corrected chi connectivity index (χ2v) is 38.0. The maximum atomic E-state index is 13.5. The monoisotopic (exact) mass is 1060 g/mol. The SMILES string of the molecule is CC(=O)Oc1ccc([C@H]2Oc3cccc(OC(C)=O)c3C(c3ccc(O[Si](C)(C)C(C)(C)C)c4c3O[C@H](c3ccc(O[Si](C)(C)C(C)(C)C)c(O[Si](C)(C)C(C)(C)C)c3)[C@H](O)C4)[C@H]2OC(C)=O)cc1OC(C)=O. The third kappa shape index (κ3) is 12.3. The van der Waals surface area contributed by atoms with Crippen LogP contribution in [0.5, 0.6) is 46.0 Å². The van der Waals surface area contributed by atoms with Gasteiger partial charge in [-0.25, -0.2) is 0 Å². The van der Waals surface area contributed by atoms with Gasteiger partial charge >= 0.3 is 23.9 Å². The number of fused-ring (bicyclic) bond motifs is 2. The van der Waals surface area contributed by atoms with Crippen molar-refractivity contribution >= 4 is 48.8 Å². The lowest BCUT2D eigenvalue weighted by Gasteiger charge is -2.43. The highest BCUT2D eigenvalue weighted by molar-refractivity contribution is 6.76. The van der Waals surface area contributed by atoms with E-state index in [0.717, 1.165) is 0 Å². The number of hydrogen-bond acceptors (Lipinski definition) is 14. The fourth-order valence-corrected chi connectivity index (χ4v) is 11.2. The molecule has 0 aromatic heterocycles. The molecule has 5 atom stereocenters. The van der Waals surface area contributed by atoms with E-state index in [2.05, 4.69) is 102 Å². The molecule has 2 aliphatic heterocycles. The second-order valence-electron chi connectivity index (χ2n) is 23.8. The van der Waals surface area contributed by atoms with Crippen LogP contribution in [-0.2, 0) is 30.3 Å². The van der Waals surface area contributed by atoms with Gasteiger partial charge in [0.25, 0.3) is 16.6 Å². The minimum atomic E-state index is -2.53. The summed E-state index contributed by atoms with van der Waals surface area (Å²) < 4.78 is 58.4. The third-order valence-electron chi connectivity index (χ3n) is 15.0. The van der Waals surface area contributed by atoms with Gasteiger partial charge in [0.1, 0.15) is 40.6 Å². The Labute approximate surface area is 434 Å². The zero-order valence-corrected chi connectivity index (χ0v) is 49.2. The number of ether oxygens (including phenoxy) is 6. The van der Waals surface area contributed by atoms with E-state index in [1.165, 1.54) is 39.8 Å². The zero-order valence-electron chi connectivity index (χ0n) is 46.2. The molecular weight excluding hydrogens is 981 g/mol. The lowest BCUT2D eigenvalue weighted by Crippen LogP contribution is -2.45. The van der Waals surface area contributed by atoms with Gasteiger partial charge in [-0.1, -0.05) is 86.6 Å². The summed E-state index contributed by atoms with van der Waals surface area (Å²) >= 11 is 0. The van der Waals surface area contributed by atoms with Gasteiger partial charge in [0.15, 0.2) is 23.7 Å². The van der Waals surface area contributed by atoms with Crippen molar-refractivity contribution in [1.29, 1.82) is 0 Å². The molecule has 4 aromatic rings. The molecule has 73 heavy (non-hydrogen) atoms. The number of hydrogen-bond donors (Lipinski definition) is 1. The fraction of sp³-hybridized carbons (Fsp3) is 0.500. The normalized spacial score (nSPS) is 19.2. The molecule has 14 nitrogen and oxygen atoms in total. The summed E-state index contributed by atoms with van der Waals surface area (Å²) in [6.45, 7) is 37.6. The lowest BCUT2D eigenvalue weighted by atomic mass is 9.77. The predicted molar refractivity (Wildman–Crippen MR) is 287 cm³/mol.